The second-order valence-electron chi connectivity index (χ2n) is 5.41. The molecular formula is C18H18O6. The van der Waals surface area contributed by atoms with Crippen molar-refractivity contribution >= 4 is 11.8 Å². The quantitative estimate of drug-likeness (QED) is 0.674. The van der Waals surface area contributed by atoms with Crippen molar-refractivity contribution in [2.24, 2.45) is 5.92 Å². The number of aromatic hydroxyl groups is 2. The van der Waals surface area contributed by atoms with Gasteiger partial charge in [0.2, 0.25) is 5.78 Å². The summed E-state index contributed by atoms with van der Waals surface area (Å²) in [6.45, 7) is 1.67. The second kappa shape index (κ2) is 7.50. The third kappa shape index (κ3) is 4.04. The third-order valence-corrected chi connectivity index (χ3v) is 3.57. The Morgan fingerprint density at radius 1 is 1.08 bits per heavy atom. The maximum atomic E-state index is 12.4. The Balaban J connectivity index is 2.14. The molecule has 0 heterocycles. The molecule has 3 N–H and O–H groups in total. The van der Waals surface area contributed by atoms with Gasteiger partial charge in [-0.25, -0.2) is 0 Å². The van der Waals surface area contributed by atoms with Crippen molar-refractivity contribution in [1.29, 1.82) is 0 Å². The van der Waals surface area contributed by atoms with Gasteiger partial charge in [-0.15, -0.1) is 0 Å². The van der Waals surface area contributed by atoms with Crippen LogP contribution in [0.3, 0.4) is 0 Å². The van der Waals surface area contributed by atoms with Gasteiger partial charge in [0.25, 0.3) is 0 Å². The number of aliphatic carboxylic acids is 1. The molecule has 2 aromatic rings. The van der Waals surface area contributed by atoms with Gasteiger partial charge < -0.3 is 20.1 Å². The summed E-state index contributed by atoms with van der Waals surface area (Å²) in [5.74, 6) is -2.63. The molecule has 2 rings (SSSR count). The summed E-state index contributed by atoms with van der Waals surface area (Å²) in [6, 6.07) is 10.7. The van der Waals surface area contributed by atoms with E-state index in [4.69, 9.17) is 9.84 Å². The van der Waals surface area contributed by atoms with Crippen LogP contribution in [0.5, 0.6) is 17.2 Å². The highest BCUT2D eigenvalue weighted by Gasteiger charge is 2.20. The Kier molecular flexibility index (Phi) is 5.42. The topological polar surface area (TPSA) is 104 Å². The Morgan fingerprint density at radius 2 is 1.67 bits per heavy atom. The third-order valence-electron chi connectivity index (χ3n) is 3.57. The first-order chi connectivity index (χ1) is 11.4. The molecule has 0 spiro atoms. The normalized spacial score (nSPS) is 11.7. The van der Waals surface area contributed by atoms with E-state index in [0.717, 1.165) is 0 Å². The van der Waals surface area contributed by atoms with Crippen LogP contribution in [0.4, 0.5) is 0 Å². The van der Waals surface area contributed by atoms with Crippen molar-refractivity contribution < 1.29 is 29.6 Å². The van der Waals surface area contributed by atoms with E-state index in [2.05, 4.69) is 0 Å². The number of ketones is 1. The van der Waals surface area contributed by atoms with Crippen LogP contribution in [-0.2, 0) is 4.79 Å². The van der Waals surface area contributed by atoms with E-state index in [0.29, 0.717) is 5.56 Å². The molecule has 6 heteroatoms. The van der Waals surface area contributed by atoms with Gasteiger partial charge in [0, 0.05) is 17.7 Å². The molecule has 2 aromatic carbocycles. The molecule has 6 nitrogen and oxygen atoms in total. The number of hydrogen-bond acceptors (Lipinski definition) is 5. The van der Waals surface area contributed by atoms with Gasteiger partial charge in [-0.2, -0.15) is 0 Å². The fourth-order valence-electron chi connectivity index (χ4n) is 2.11. The van der Waals surface area contributed by atoms with E-state index in [1.54, 1.807) is 37.3 Å². The van der Waals surface area contributed by atoms with Gasteiger partial charge in [0.05, 0.1) is 12.5 Å². The molecule has 126 valence electrons. The lowest BCUT2D eigenvalue weighted by Crippen LogP contribution is -2.13. The Morgan fingerprint density at radius 3 is 2.21 bits per heavy atom. The van der Waals surface area contributed by atoms with Crippen LogP contribution >= 0.6 is 0 Å². The predicted octanol–water partition coefficient (Wildman–Crippen LogP) is 2.82. The van der Waals surface area contributed by atoms with E-state index in [-0.39, 0.29) is 24.3 Å². The van der Waals surface area contributed by atoms with E-state index in [1.165, 1.54) is 12.1 Å². The average Bonchev–Trinajstić information content (AvgIpc) is 2.54. The summed E-state index contributed by atoms with van der Waals surface area (Å²) < 4.78 is 5.33. The molecule has 0 amide bonds. The lowest BCUT2D eigenvalue weighted by molar-refractivity contribution is -0.141. The maximum Gasteiger partial charge on any atom is 0.306 e. The molecule has 0 aliphatic carbocycles. The van der Waals surface area contributed by atoms with Gasteiger partial charge in [-0.05, 0) is 6.42 Å². The van der Waals surface area contributed by atoms with Crippen LogP contribution in [0.2, 0.25) is 0 Å². The van der Waals surface area contributed by atoms with Crippen LogP contribution in [0.1, 0.15) is 29.3 Å². The number of rotatable bonds is 7. The number of benzene rings is 2. The molecule has 0 saturated heterocycles. The summed E-state index contributed by atoms with van der Waals surface area (Å²) in [6.07, 6.45) is 0.279. The Labute approximate surface area is 138 Å². The van der Waals surface area contributed by atoms with E-state index >= 15 is 0 Å². The lowest BCUT2D eigenvalue weighted by atomic mass is 10.0. The number of carboxylic acid groups (broad SMARTS) is 1. The second-order valence-corrected chi connectivity index (χ2v) is 5.41. The van der Waals surface area contributed by atoms with E-state index in [1.807, 2.05) is 0 Å². The minimum Gasteiger partial charge on any atom is -0.507 e. The smallest absolute Gasteiger partial charge is 0.306 e. The monoisotopic (exact) mass is 330 g/mol. The molecule has 1 unspecified atom stereocenters. The van der Waals surface area contributed by atoms with Gasteiger partial charge in [0.1, 0.15) is 22.8 Å². The van der Waals surface area contributed by atoms with Crippen molar-refractivity contribution in [3.05, 3.63) is 53.6 Å². The summed E-state index contributed by atoms with van der Waals surface area (Å²) in [4.78, 5) is 23.1. The number of phenolic OH excluding ortho intramolecular Hbond substituents is 2. The zero-order chi connectivity index (χ0) is 17.7. The van der Waals surface area contributed by atoms with Crippen LogP contribution in [0.25, 0.3) is 0 Å². The van der Waals surface area contributed by atoms with Crippen molar-refractivity contribution in [2.45, 2.75) is 13.3 Å². The van der Waals surface area contributed by atoms with Crippen LogP contribution < -0.4 is 4.74 Å². The molecular weight excluding hydrogens is 312 g/mol. The number of carbonyl (C=O) groups is 2. The minimum absolute atomic E-state index is 0.109. The zero-order valence-corrected chi connectivity index (χ0v) is 13.1. The molecule has 1 atom stereocenters. The minimum atomic E-state index is -0.923. The number of carboxylic acids is 1. The van der Waals surface area contributed by atoms with Gasteiger partial charge >= 0.3 is 5.97 Å². The Bertz CT molecular complexity index is 715. The maximum absolute atomic E-state index is 12.4. The molecule has 0 fully saturated rings. The fraction of sp³-hybridized carbons (Fsp3) is 0.222. The first-order valence-electron chi connectivity index (χ1n) is 7.41. The van der Waals surface area contributed by atoms with Gasteiger partial charge in [-0.3, -0.25) is 9.59 Å². The summed E-state index contributed by atoms with van der Waals surface area (Å²) in [5.41, 5.74) is 0.138. The van der Waals surface area contributed by atoms with E-state index in [9.17, 15) is 19.8 Å². The first kappa shape index (κ1) is 17.3. The van der Waals surface area contributed by atoms with Crippen molar-refractivity contribution in [3.63, 3.8) is 0 Å². The van der Waals surface area contributed by atoms with Crippen LogP contribution in [0.15, 0.2) is 42.5 Å². The molecule has 24 heavy (non-hydrogen) atoms. The van der Waals surface area contributed by atoms with Crippen molar-refractivity contribution in [1.82, 2.24) is 0 Å². The number of carbonyl (C=O) groups excluding carboxylic acids is 1. The van der Waals surface area contributed by atoms with Crippen LogP contribution in [-0.4, -0.2) is 33.7 Å². The molecule has 0 aliphatic heterocycles. The highest BCUT2D eigenvalue weighted by Crippen LogP contribution is 2.34. The summed E-state index contributed by atoms with van der Waals surface area (Å²) >= 11 is 0. The van der Waals surface area contributed by atoms with Gasteiger partial charge in [-0.1, -0.05) is 37.3 Å². The number of ether oxygens (including phenoxy) is 1. The fourth-order valence-corrected chi connectivity index (χ4v) is 2.11. The molecule has 0 saturated carbocycles. The van der Waals surface area contributed by atoms with Gasteiger partial charge in [0.15, 0.2) is 0 Å². The summed E-state index contributed by atoms with van der Waals surface area (Å²) in [7, 11) is 0. The highest BCUT2D eigenvalue weighted by atomic mass is 16.5. The molecule has 0 bridgehead atoms. The standard InChI is InChI=1S/C18H18O6/c1-11(18(22)23)7-8-24-13-9-14(19)16(15(20)10-13)17(21)12-5-3-2-4-6-12/h2-6,9-11,19-20H,7-8H2,1H3,(H,22,23). The lowest BCUT2D eigenvalue weighted by Gasteiger charge is -2.12. The summed E-state index contributed by atoms with van der Waals surface area (Å²) in [5, 5.41) is 28.9. The number of hydrogen-bond donors (Lipinski definition) is 3. The highest BCUT2D eigenvalue weighted by molar-refractivity contribution is 6.12. The number of phenols is 2. The zero-order valence-electron chi connectivity index (χ0n) is 13.1. The predicted molar refractivity (Wildman–Crippen MR) is 86.6 cm³/mol. The molecule has 0 aromatic heterocycles. The Hall–Kier alpha value is -3.02. The average molecular weight is 330 g/mol. The van der Waals surface area contributed by atoms with Crippen LogP contribution in [0, 0.1) is 5.92 Å². The first-order valence-corrected chi connectivity index (χ1v) is 7.41. The molecule has 0 radical (unpaired) electrons. The molecule has 0 aliphatic rings. The SMILES string of the molecule is CC(CCOc1cc(O)c(C(=O)c2ccccc2)c(O)c1)C(=O)O. The van der Waals surface area contributed by atoms with Crippen molar-refractivity contribution in [2.75, 3.05) is 6.61 Å². The van der Waals surface area contributed by atoms with Crippen molar-refractivity contribution in [3.8, 4) is 17.2 Å². The van der Waals surface area contributed by atoms with E-state index < -0.39 is 29.2 Å². The largest absolute Gasteiger partial charge is 0.507 e.